The minimum absolute atomic E-state index is 0.581. The Morgan fingerprint density at radius 2 is 2.18 bits per heavy atom. The summed E-state index contributed by atoms with van der Waals surface area (Å²) in [5.41, 5.74) is 1.28. The Morgan fingerprint density at radius 1 is 1.35 bits per heavy atom. The SMILES string of the molecule is CNCC1CC1c1cc(Cl)c2c(c1)OCCO2. The predicted octanol–water partition coefficient (Wildman–Crippen LogP) is 2.43. The molecular formula is C13H16ClNO2. The van der Waals surface area contributed by atoms with Gasteiger partial charge in [0.2, 0.25) is 0 Å². The first-order chi connectivity index (χ1) is 8.29. The van der Waals surface area contributed by atoms with Crippen molar-refractivity contribution in [3.63, 3.8) is 0 Å². The average Bonchev–Trinajstić information content (AvgIpc) is 3.09. The van der Waals surface area contributed by atoms with Crippen LogP contribution in [0.1, 0.15) is 17.9 Å². The number of halogens is 1. The van der Waals surface area contributed by atoms with Crippen molar-refractivity contribution in [2.45, 2.75) is 12.3 Å². The van der Waals surface area contributed by atoms with Crippen LogP contribution in [0.25, 0.3) is 0 Å². The highest BCUT2D eigenvalue weighted by Crippen LogP contribution is 2.50. The molecule has 1 N–H and O–H groups in total. The summed E-state index contributed by atoms with van der Waals surface area (Å²) in [4.78, 5) is 0. The standard InChI is InChI=1S/C13H16ClNO2/c1-15-7-9-4-10(9)8-5-11(14)13-12(6-8)16-2-3-17-13/h5-6,9-10,15H,2-4,7H2,1H3. The summed E-state index contributed by atoms with van der Waals surface area (Å²) in [6.07, 6.45) is 1.23. The number of rotatable bonds is 3. The van der Waals surface area contributed by atoms with Gasteiger partial charge in [0.15, 0.2) is 11.5 Å². The fraction of sp³-hybridized carbons (Fsp3) is 0.538. The summed E-state index contributed by atoms with van der Waals surface area (Å²) in [7, 11) is 1.99. The van der Waals surface area contributed by atoms with E-state index in [0.717, 1.165) is 18.2 Å². The lowest BCUT2D eigenvalue weighted by molar-refractivity contribution is 0.171. The lowest BCUT2D eigenvalue weighted by Crippen LogP contribution is -2.16. The molecule has 0 amide bonds. The fourth-order valence-corrected chi connectivity index (χ4v) is 2.76. The maximum absolute atomic E-state index is 6.22. The van der Waals surface area contributed by atoms with Gasteiger partial charge in [0, 0.05) is 0 Å². The topological polar surface area (TPSA) is 30.5 Å². The van der Waals surface area contributed by atoms with Gasteiger partial charge in [-0.1, -0.05) is 11.6 Å². The molecular weight excluding hydrogens is 238 g/mol. The van der Waals surface area contributed by atoms with Crippen molar-refractivity contribution in [2.75, 3.05) is 26.8 Å². The van der Waals surface area contributed by atoms with Crippen molar-refractivity contribution in [1.29, 1.82) is 0 Å². The maximum Gasteiger partial charge on any atom is 0.179 e. The Bertz CT molecular complexity index is 436. The molecule has 2 aliphatic rings. The van der Waals surface area contributed by atoms with E-state index < -0.39 is 0 Å². The highest BCUT2D eigenvalue weighted by molar-refractivity contribution is 6.32. The first-order valence-corrected chi connectivity index (χ1v) is 6.41. The van der Waals surface area contributed by atoms with Crippen LogP contribution in [0.5, 0.6) is 11.5 Å². The van der Waals surface area contributed by atoms with Gasteiger partial charge >= 0.3 is 0 Å². The molecule has 3 nitrogen and oxygen atoms in total. The van der Waals surface area contributed by atoms with Gasteiger partial charge in [-0.15, -0.1) is 0 Å². The minimum Gasteiger partial charge on any atom is -0.486 e. The molecule has 0 spiro atoms. The van der Waals surface area contributed by atoms with Gasteiger partial charge in [-0.05, 0) is 49.5 Å². The molecule has 0 aromatic heterocycles. The Balaban J connectivity index is 1.85. The first-order valence-electron chi connectivity index (χ1n) is 6.03. The first kappa shape index (κ1) is 11.2. The number of ether oxygens (including phenoxy) is 2. The van der Waals surface area contributed by atoms with Crippen molar-refractivity contribution in [2.24, 2.45) is 5.92 Å². The highest BCUT2D eigenvalue weighted by Gasteiger charge is 2.38. The van der Waals surface area contributed by atoms with Gasteiger partial charge < -0.3 is 14.8 Å². The average molecular weight is 254 g/mol. The molecule has 1 fully saturated rings. The molecule has 0 saturated heterocycles. The van der Waals surface area contributed by atoms with E-state index in [1.165, 1.54) is 12.0 Å². The number of hydrogen-bond donors (Lipinski definition) is 1. The Kier molecular flexibility index (Phi) is 2.89. The minimum atomic E-state index is 0.581. The van der Waals surface area contributed by atoms with Crippen LogP contribution in [0.4, 0.5) is 0 Å². The molecule has 0 bridgehead atoms. The lowest BCUT2D eigenvalue weighted by atomic mass is 10.1. The number of nitrogens with one attached hydrogen (secondary N) is 1. The van der Waals surface area contributed by atoms with Crippen LogP contribution in [-0.2, 0) is 0 Å². The van der Waals surface area contributed by atoms with Gasteiger partial charge in [0.25, 0.3) is 0 Å². The third-order valence-electron chi connectivity index (χ3n) is 3.44. The number of fused-ring (bicyclic) bond motifs is 1. The second kappa shape index (κ2) is 4.39. The second-order valence-corrected chi connectivity index (χ2v) is 5.09. The zero-order chi connectivity index (χ0) is 11.8. The van der Waals surface area contributed by atoms with Crippen molar-refractivity contribution in [3.8, 4) is 11.5 Å². The van der Waals surface area contributed by atoms with Gasteiger partial charge in [0.1, 0.15) is 13.2 Å². The van der Waals surface area contributed by atoms with Crippen LogP contribution in [0.3, 0.4) is 0 Å². The van der Waals surface area contributed by atoms with Crippen molar-refractivity contribution >= 4 is 11.6 Å². The summed E-state index contributed by atoms with van der Waals surface area (Å²) in [6, 6.07) is 4.11. The summed E-state index contributed by atoms with van der Waals surface area (Å²) < 4.78 is 11.1. The molecule has 3 rings (SSSR count). The van der Waals surface area contributed by atoms with E-state index in [4.69, 9.17) is 21.1 Å². The molecule has 2 unspecified atom stereocenters. The summed E-state index contributed by atoms with van der Waals surface area (Å²) in [6.45, 7) is 2.26. The molecule has 92 valence electrons. The van der Waals surface area contributed by atoms with Crippen molar-refractivity contribution in [1.82, 2.24) is 5.32 Å². The van der Waals surface area contributed by atoms with E-state index in [1.807, 2.05) is 13.1 Å². The predicted molar refractivity (Wildman–Crippen MR) is 67.2 cm³/mol. The van der Waals surface area contributed by atoms with E-state index in [2.05, 4.69) is 11.4 Å². The van der Waals surface area contributed by atoms with Crippen LogP contribution in [0.2, 0.25) is 5.02 Å². The van der Waals surface area contributed by atoms with E-state index in [1.54, 1.807) is 0 Å². The molecule has 1 aliphatic carbocycles. The van der Waals surface area contributed by atoms with Crippen LogP contribution in [-0.4, -0.2) is 26.8 Å². The van der Waals surface area contributed by atoms with E-state index >= 15 is 0 Å². The zero-order valence-electron chi connectivity index (χ0n) is 9.83. The van der Waals surface area contributed by atoms with E-state index in [9.17, 15) is 0 Å². The van der Waals surface area contributed by atoms with E-state index in [-0.39, 0.29) is 0 Å². The van der Waals surface area contributed by atoms with Gasteiger partial charge in [-0.2, -0.15) is 0 Å². The number of hydrogen-bond acceptors (Lipinski definition) is 3. The molecule has 0 radical (unpaired) electrons. The van der Waals surface area contributed by atoms with E-state index in [0.29, 0.717) is 29.9 Å². The second-order valence-electron chi connectivity index (χ2n) is 4.69. The van der Waals surface area contributed by atoms with Crippen LogP contribution < -0.4 is 14.8 Å². The quantitative estimate of drug-likeness (QED) is 0.898. The number of benzene rings is 1. The third kappa shape index (κ3) is 2.09. The van der Waals surface area contributed by atoms with Crippen LogP contribution in [0.15, 0.2) is 12.1 Å². The van der Waals surface area contributed by atoms with Gasteiger partial charge in [-0.3, -0.25) is 0 Å². The lowest BCUT2D eigenvalue weighted by Gasteiger charge is -2.20. The summed E-state index contributed by atoms with van der Waals surface area (Å²) >= 11 is 6.22. The highest BCUT2D eigenvalue weighted by atomic mass is 35.5. The fourth-order valence-electron chi connectivity index (χ4n) is 2.49. The smallest absolute Gasteiger partial charge is 0.179 e. The molecule has 1 aromatic rings. The Labute approximate surface area is 106 Å². The van der Waals surface area contributed by atoms with Gasteiger partial charge in [0.05, 0.1) is 5.02 Å². The molecule has 2 atom stereocenters. The van der Waals surface area contributed by atoms with Crippen molar-refractivity contribution < 1.29 is 9.47 Å². The molecule has 1 aromatic carbocycles. The van der Waals surface area contributed by atoms with Crippen LogP contribution in [0, 0.1) is 5.92 Å². The molecule has 17 heavy (non-hydrogen) atoms. The third-order valence-corrected chi connectivity index (χ3v) is 3.72. The monoisotopic (exact) mass is 253 g/mol. The summed E-state index contributed by atoms with van der Waals surface area (Å²) in [5.74, 6) is 2.86. The zero-order valence-corrected chi connectivity index (χ0v) is 10.6. The summed E-state index contributed by atoms with van der Waals surface area (Å²) in [5, 5.41) is 3.89. The van der Waals surface area contributed by atoms with Gasteiger partial charge in [-0.25, -0.2) is 0 Å². The van der Waals surface area contributed by atoms with Crippen LogP contribution >= 0.6 is 11.6 Å². The Morgan fingerprint density at radius 3 is 3.00 bits per heavy atom. The normalized spacial score (nSPS) is 25.8. The molecule has 1 aliphatic heterocycles. The molecule has 1 saturated carbocycles. The Hall–Kier alpha value is -0.930. The molecule has 4 heteroatoms. The molecule has 1 heterocycles. The maximum atomic E-state index is 6.22. The van der Waals surface area contributed by atoms with Crippen molar-refractivity contribution in [3.05, 3.63) is 22.7 Å². The largest absolute Gasteiger partial charge is 0.486 e.